The van der Waals surface area contributed by atoms with Crippen molar-refractivity contribution in [2.45, 2.75) is 45.6 Å². The molecule has 0 N–H and O–H groups in total. The Morgan fingerprint density at radius 2 is 2.10 bits per heavy atom. The van der Waals surface area contributed by atoms with Gasteiger partial charge in [0.15, 0.2) is 0 Å². The summed E-state index contributed by atoms with van der Waals surface area (Å²) < 4.78 is 0. The number of amides is 1. The average molecular weight is 288 g/mol. The second-order valence-electron chi connectivity index (χ2n) is 6.43. The molecule has 3 heterocycles. The number of carbonyl (C=O) groups excluding carboxylic acids is 1. The van der Waals surface area contributed by atoms with Gasteiger partial charge in [-0.05, 0) is 38.8 Å². The zero-order valence-electron chi connectivity index (χ0n) is 13.0. The van der Waals surface area contributed by atoms with E-state index in [4.69, 9.17) is 0 Å². The Kier molecular flexibility index (Phi) is 3.93. The van der Waals surface area contributed by atoms with E-state index in [-0.39, 0.29) is 11.3 Å². The van der Waals surface area contributed by atoms with Gasteiger partial charge in [-0.1, -0.05) is 13.3 Å². The minimum absolute atomic E-state index is 0.181. The van der Waals surface area contributed by atoms with Gasteiger partial charge in [0.25, 0.3) is 0 Å². The summed E-state index contributed by atoms with van der Waals surface area (Å²) in [7, 11) is 0. The molecule has 2 aliphatic heterocycles. The third kappa shape index (κ3) is 2.55. The summed E-state index contributed by atoms with van der Waals surface area (Å²) in [5.41, 5.74) is -0.181. The number of hydrogen-bond acceptors (Lipinski definition) is 4. The third-order valence-corrected chi connectivity index (χ3v) is 4.89. The van der Waals surface area contributed by atoms with E-state index in [9.17, 15) is 4.79 Å². The zero-order chi connectivity index (χ0) is 14.9. The topological polar surface area (TPSA) is 49.3 Å². The second-order valence-corrected chi connectivity index (χ2v) is 6.43. The van der Waals surface area contributed by atoms with Crippen LogP contribution in [0, 0.1) is 5.41 Å². The summed E-state index contributed by atoms with van der Waals surface area (Å²) >= 11 is 0. The van der Waals surface area contributed by atoms with Crippen LogP contribution in [-0.4, -0.2) is 46.5 Å². The molecule has 2 saturated heterocycles. The highest BCUT2D eigenvalue weighted by Gasteiger charge is 2.55. The van der Waals surface area contributed by atoms with Crippen LogP contribution in [0.3, 0.4) is 0 Å². The Labute approximate surface area is 126 Å². The number of likely N-dealkylation sites (tertiary alicyclic amines) is 1. The fourth-order valence-corrected chi connectivity index (χ4v) is 3.68. The molecule has 1 spiro atoms. The van der Waals surface area contributed by atoms with Crippen molar-refractivity contribution in [1.82, 2.24) is 14.9 Å². The number of piperidine rings is 1. The molecule has 2 fully saturated rings. The number of aromatic nitrogens is 2. The molecule has 5 heteroatoms. The van der Waals surface area contributed by atoms with Crippen molar-refractivity contribution in [1.29, 1.82) is 0 Å². The third-order valence-electron chi connectivity index (χ3n) is 4.89. The number of nitrogens with zero attached hydrogens (tertiary/aromatic N) is 4. The minimum Gasteiger partial charge on any atom is -0.300 e. The molecule has 2 unspecified atom stereocenters. The van der Waals surface area contributed by atoms with Gasteiger partial charge < -0.3 is 0 Å². The van der Waals surface area contributed by atoms with Crippen molar-refractivity contribution in [3.05, 3.63) is 18.5 Å². The summed E-state index contributed by atoms with van der Waals surface area (Å²) in [6, 6.07) is 2.35. The molecule has 21 heavy (non-hydrogen) atoms. The molecule has 1 aromatic rings. The first kappa shape index (κ1) is 14.4. The number of carbonyl (C=O) groups is 1. The van der Waals surface area contributed by atoms with E-state index in [1.165, 1.54) is 12.8 Å². The lowest BCUT2D eigenvalue weighted by atomic mass is 9.72. The predicted molar refractivity (Wildman–Crippen MR) is 82.0 cm³/mol. The van der Waals surface area contributed by atoms with Gasteiger partial charge in [0, 0.05) is 31.5 Å². The summed E-state index contributed by atoms with van der Waals surface area (Å²) in [5.74, 6) is 0.758. The molecule has 0 radical (unpaired) electrons. The quantitative estimate of drug-likeness (QED) is 0.796. The second kappa shape index (κ2) is 5.72. The molecule has 2 atom stereocenters. The monoisotopic (exact) mass is 288 g/mol. The maximum Gasteiger partial charge on any atom is 0.238 e. The van der Waals surface area contributed by atoms with Crippen molar-refractivity contribution >= 4 is 11.9 Å². The van der Waals surface area contributed by atoms with E-state index in [1.54, 1.807) is 23.4 Å². The van der Waals surface area contributed by atoms with Gasteiger partial charge in [0.2, 0.25) is 11.9 Å². The van der Waals surface area contributed by atoms with E-state index in [2.05, 4.69) is 28.7 Å². The first-order valence-electron chi connectivity index (χ1n) is 7.99. The van der Waals surface area contributed by atoms with Crippen LogP contribution in [0.1, 0.15) is 39.5 Å². The maximum absolute atomic E-state index is 12.7. The lowest BCUT2D eigenvalue weighted by molar-refractivity contribution is -0.140. The van der Waals surface area contributed by atoms with Crippen LogP contribution >= 0.6 is 0 Å². The molecule has 0 bridgehead atoms. The van der Waals surface area contributed by atoms with Crippen LogP contribution in [0.4, 0.5) is 5.95 Å². The minimum atomic E-state index is -0.181. The van der Waals surface area contributed by atoms with Gasteiger partial charge in [-0.3, -0.25) is 14.6 Å². The lowest BCUT2D eigenvalue weighted by Crippen LogP contribution is -2.68. The number of β-lactam (4-membered cyclic amide) rings is 1. The zero-order valence-corrected chi connectivity index (χ0v) is 13.0. The normalized spacial score (nSPS) is 27.7. The lowest BCUT2D eigenvalue weighted by Gasteiger charge is -2.53. The maximum atomic E-state index is 12.7. The van der Waals surface area contributed by atoms with Crippen LogP contribution < -0.4 is 4.90 Å². The van der Waals surface area contributed by atoms with E-state index < -0.39 is 0 Å². The van der Waals surface area contributed by atoms with Crippen LogP contribution in [-0.2, 0) is 4.79 Å². The largest absolute Gasteiger partial charge is 0.300 e. The van der Waals surface area contributed by atoms with Crippen molar-refractivity contribution in [3.8, 4) is 0 Å². The number of rotatable bonds is 4. The smallest absolute Gasteiger partial charge is 0.238 e. The Bertz CT molecular complexity index is 506. The molecule has 0 saturated carbocycles. The molecule has 0 aromatic carbocycles. The van der Waals surface area contributed by atoms with Gasteiger partial charge in [-0.2, -0.15) is 0 Å². The molecule has 1 aromatic heterocycles. The van der Waals surface area contributed by atoms with Crippen molar-refractivity contribution in [3.63, 3.8) is 0 Å². The Hall–Kier alpha value is -1.49. The van der Waals surface area contributed by atoms with Crippen LogP contribution in [0.25, 0.3) is 0 Å². The predicted octanol–water partition coefficient (Wildman–Crippen LogP) is 2.09. The Morgan fingerprint density at radius 1 is 1.33 bits per heavy atom. The van der Waals surface area contributed by atoms with Crippen LogP contribution in [0.2, 0.25) is 0 Å². The van der Waals surface area contributed by atoms with Gasteiger partial charge in [-0.25, -0.2) is 9.97 Å². The van der Waals surface area contributed by atoms with Gasteiger partial charge in [0.1, 0.15) is 0 Å². The fraction of sp³-hybridized carbons (Fsp3) is 0.688. The van der Waals surface area contributed by atoms with Crippen molar-refractivity contribution in [2.24, 2.45) is 5.41 Å². The van der Waals surface area contributed by atoms with Gasteiger partial charge >= 0.3 is 0 Å². The van der Waals surface area contributed by atoms with Crippen molar-refractivity contribution < 1.29 is 4.79 Å². The summed E-state index contributed by atoms with van der Waals surface area (Å²) in [4.78, 5) is 25.3. The molecule has 0 aliphatic carbocycles. The molecule has 5 nitrogen and oxygen atoms in total. The standard InChI is InChI=1S/C16H24N4O/c1-3-6-13(2)19-10-4-7-16(11-19)12-20(14(16)21)15-17-8-5-9-18-15/h5,8-9,13H,3-4,6-7,10-12H2,1-2H3. The Balaban J connectivity index is 1.68. The van der Waals surface area contributed by atoms with Crippen LogP contribution in [0.5, 0.6) is 0 Å². The highest BCUT2D eigenvalue weighted by molar-refractivity contribution is 6.03. The molecule has 3 rings (SSSR count). The fourth-order valence-electron chi connectivity index (χ4n) is 3.68. The molecular formula is C16H24N4O. The SMILES string of the molecule is CCCC(C)N1CCCC2(CN(c3ncccn3)C2=O)C1. The highest BCUT2D eigenvalue weighted by Crippen LogP contribution is 2.42. The highest BCUT2D eigenvalue weighted by atomic mass is 16.2. The molecule has 1 amide bonds. The molecule has 2 aliphatic rings. The van der Waals surface area contributed by atoms with E-state index in [0.717, 1.165) is 32.5 Å². The summed E-state index contributed by atoms with van der Waals surface area (Å²) in [5, 5.41) is 0. The van der Waals surface area contributed by atoms with E-state index in [0.29, 0.717) is 12.0 Å². The van der Waals surface area contributed by atoms with Gasteiger partial charge in [-0.15, -0.1) is 0 Å². The summed E-state index contributed by atoms with van der Waals surface area (Å²) in [6.07, 6.45) is 7.90. The average Bonchev–Trinajstić information content (AvgIpc) is 2.53. The molecular weight excluding hydrogens is 264 g/mol. The first-order valence-corrected chi connectivity index (χ1v) is 7.99. The van der Waals surface area contributed by atoms with Gasteiger partial charge in [0.05, 0.1) is 5.41 Å². The number of hydrogen-bond donors (Lipinski definition) is 0. The van der Waals surface area contributed by atoms with Crippen LogP contribution in [0.15, 0.2) is 18.5 Å². The summed E-state index contributed by atoms with van der Waals surface area (Å²) in [6.45, 7) is 7.29. The first-order chi connectivity index (χ1) is 10.2. The van der Waals surface area contributed by atoms with E-state index >= 15 is 0 Å². The van der Waals surface area contributed by atoms with E-state index in [1.807, 2.05) is 0 Å². The molecule has 114 valence electrons. The number of anilines is 1. The Morgan fingerprint density at radius 3 is 2.76 bits per heavy atom. The van der Waals surface area contributed by atoms with Crippen molar-refractivity contribution in [2.75, 3.05) is 24.5 Å².